The second kappa shape index (κ2) is 7.73. The van der Waals surface area contributed by atoms with E-state index >= 15 is 0 Å². The van der Waals surface area contributed by atoms with E-state index < -0.39 is 0 Å². The number of nitriles is 1. The number of hydrogen-bond donors (Lipinski definition) is 1. The van der Waals surface area contributed by atoms with E-state index in [4.69, 9.17) is 10.00 Å². The van der Waals surface area contributed by atoms with Gasteiger partial charge in [0.2, 0.25) is 0 Å². The van der Waals surface area contributed by atoms with Gasteiger partial charge in [-0.15, -0.1) is 0 Å². The van der Waals surface area contributed by atoms with Crippen molar-refractivity contribution in [1.29, 1.82) is 5.26 Å². The molecule has 2 rings (SSSR count). The SMILES string of the molecule is COc1ccc([C@@H](CO)N(C)Cc2cc(C#N)ccc2F)cc1. The molecular formula is C18H19FN2O2. The molecule has 0 spiro atoms. The van der Waals surface area contributed by atoms with Crippen LogP contribution in [0.2, 0.25) is 0 Å². The number of halogens is 1. The molecule has 0 saturated heterocycles. The van der Waals surface area contributed by atoms with Crippen molar-refractivity contribution in [1.82, 2.24) is 4.90 Å². The molecule has 120 valence electrons. The highest BCUT2D eigenvalue weighted by atomic mass is 19.1. The summed E-state index contributed by atoms with van der Waals surface area (Å²) in [7, 11) is 3.40. The lowest BCUT2D eigenvalue weighted by Crippen LogP contribution is -2.27. The average molecular weight is 314 g/mol. The summed E-state index contributed by atoms with van der Waals surface area (Å²) in [6.45, 7) is 0.195. The van der Waals surface area contributed by atoms with Gasteiger partial charge in [-0.05, 0) is 42.9 Å². The Kier molecular flexibility index (Phi) is 5.69. The summed E-state index contributed by atoms with van der Waals surface area (Å²) < 4.78 is 19.0. The van der Waals surface area contributed by atoms with Crippen molar-refractivity contribution in [3.8, 4) is 11.8 Å². The standard InChI is InChI=1S/C18H19FN2O2/c1-21(11-15-9-13(10-20)3-8-17(15)19)18(12-22)14-4-6-16(23-2)7-5-14/h3-9,18,22H,11-12H2,1-2H3/t18-/m1/s1. The molecule has 1 atom stereocenters. The molecule has 0 heterocycles. The largest absolute Gasteiger partial charge is 0.497 e. The molecule has 0 aliphatic rings. The minimum absolute atomic E-state index is 0.0949. The summed E-state index contributed by atoms with van der Waals surface area (Å²) in [5.41, 5.74) is 1.76. The lowest BCUT2D eigenvalue weighted by atomic mass is 10.0. The van der Waals surface area contributed by atoms with Gasteiger partial charge in [-0.3, -0.25) is 4.90 Å². The molecule has 5 heteroatoms. The third-order valence-corrected chi connectivity index (χ3v) is 3.80. The Morgan fingerprint density at radius 2 is 1.96 bits per heavy atom. The van der Waals surface area contributed by atoms with Gasteiger partial charge in [0.15, 0.2) is 0 Å². The Morgan fingerprint density at radius 1 is 1.26 bits per heavy atom. The topological polar surface area (TPSA) is 56.5 Å². The highest BCUT2D eigenvalue weighted by Gasteiger charge is 2.18. The highest BCUT2D eigenvalue weighted by molar-refractivity contribution is 5.34. The van der Waals surface area contributed by atoms with Gasteiger partial charge >= 0.3 is 0 Å². The van der Waals surface area contributed by atoms with E-state index in [1.165, 1.54) is 18.2 Å². The van der Waals surface area contributed by atoms with Gasteiger partial charge in [0.25, 0.3) is 0 Å². The summed E-state index contributed by atoms with van der Waals surface area (Å²) in [5.74, 6) is 0.378. The highest BCUT2D eigenvalue weighted by Crippen LogP contribution is 2.24. The van der Waals surface area contributed by atoms with Crippen molar-refractivity contribution in [2.45, 2.75) is 12.6 Å². The number of methoxy groups -OCH3 is 1. The molecule has 0 aromatic heterocycles. The Balaban J connectivity index is 2.19. The Labute approximate surface area is 135 Å². The van der Waals surface area contributed by atoms with Gasteiger partial charge in [0.1, 0.15) is 11.6 Å². The molecule has 23 heavy (non-hydrogen) atoms. The van der Waals surface area contributed by atoms with E-state index in [0.29, 0.717) is 17.7 Å². The molecule has 0 aliphatic heterocycles. The Bertz CT molecular complexity index is 695. The molecule has 2 aromatic rings. The first-order valence-corrected chi connectivity index (χ1v) is 7.22. The fourth-order valence-corrected chi connectivity index (χ4v) is 2.47. The van der Waals surface area contributed by atoms with Gasteiger partial charge in [-0.1, -0.05) is 12.1 Å². The van der Waals surface area contributed by atoms with E-state index in [2.05, 4.69) is 0 Å². The van der Waals surface area contributed by atoms with Crippen molar-refractivity contribution < 1.29 is 14.2 Å². The minimum atomic E-state index is -0.359. The van der Waals surface area contributed by atoms with Crippen molar-refractivity contribution in [3.63, 3.8) is 0 Å². The summed E-state index contributed by atoms with van der Waals surface area (Å²) in [4.78, 5) is 1.85. The van der Waals surface area contributed by atoms with Crippen molar-refractivity contribution in [2.24, 2.45) is 0 Å². The van der Waals surface area contributed by atoms with Gasteiger partial charge < -0.3 is 9.84 Å². The second-order valence-electron chi connectivity index (χ2n) is 5.30. The van der Waals surface area contributed by atoms with Crippen LogP contribution in [0.15, 0.2) is 42.5 Å². The number of nitrogens with zero attached hydrogens (tertiary/aromatic N) is 2. The van der Waals surface area contributed by atoms with Gasteiger partial charge in [-0.2, -0.15) is 5.26 Å². The zero-order valence-electron chi connectivity index (χ0n) is 13.2. The Hall–Kier alpha value is -2.42. The molecule has 0 saturated carbocycles. The van der Waals surface area contributed by atoms with Crippen LogP contribution in [-0.2, 0) is 6.54 Å². The average Bonchev–Trinajstić information content (AvgIpc) is 2.58. The molecule has 0 unspecified atom stereocenters. The van der Waals surface area contributed by atoms with E-state index in [-0.39, 0.29) is 18.5 Å². The smallest absolute Gasteiger partial charge is 0.127 e. The van der Waals surface area contributed by atoms with Crippen molar-refractivity contribution in [3.05, 3.63) is 65.0 Å². The van der Waals surface area contributed by atoms with Crippen LogP contribution in [0.1, 0.15) is 22.7 Å². The molecule has 4 nitrogen and oxygen atoms in total. The van der Waals surface area contributed by atoms with Crippen LogP contribution in [0.25, 0.3) is 0 Å². The summed E-state index contributed by atoms with van der Waals surface area (Å²) in [6.07, 6.45) is 0. The lowest BCUT2D eigenvalue weighted by molar-refractivity contribution is 0.141. The van der Waals surface area contributed by atoms with Gasteiger partial charge in [-0.25, -0.2) is 4.39 Å². The van der Waals surface area contributed by atoms with Gasteiger partial charge in [0, 0.05) is 12.1 Å². The predicted molar refractivity (Wildman–Crippen MR) is 85.4 cm³/mol. The zero-order valence-corrected chi connectivity index (χ0v) is 13.2. The number of ether oxygens (including phenoxy) is 1. The predicted octanol–water partition coefficient (Wildman–Crippen LogP) is 2.87. The number of aliphatic hydroxyl groups excluding tert-OH is 1. The molecule has 0 fully saturated rings. The number of benzene rings is 2. The number of hydrogen-bond acceptors (Lipinski definition) is 4. The fraction of sp³-hybridized carbons (Fsp3) is 0.278. The van der Waals surface area contributed by atoms with Crippen LogP contribution in [-0.4, -0.2) is 30.8 Å². The van der Waals surface area contributed by atoms with Crippen molar-refractivity contribution in [2.75, 3.05) is 20.8 Å². The van der Waals surface area contributed by atoms with Crippen LogP contribution in [0.3, 0.4) is 0 Å². The van der Waals surface area contributed by atoms with Crippen molar-refractivity contribution >= 4 is 0 Å². The Morgan fingerprint density at radius 3 is 2.52 bits per heavy atom. The van der Waals surface area contributed by atoms with Crippen LogP contribution in [0.5, 0.6) is 5.75 Å². The maximum Gasteiger partial charge on any atom is 0.127 e. The molecule has 0 bridgehead atoms. The molecule has 1 N–H and O–H groups in total. The van der Waals surface area contributed by atoms with E-state index in [1.54, 1.807) is 7.11 Å². The van der Waals surface area contributed by atoms with E-state index in [9.17, 15) is 9.50 Å². The van der Waals surface area contributed by atoms with Crippen LogP contribution >= 0.6 is 0 Å². The number of likely N-dealkylation sites (N-methyl/N-ethyl adjacent to an activating group) is 1. The van der Waals surface area contributed by atoms with Crippen LogP contribution < -0.4 is 4.74 Å². The molecule has 0 radical (unpaired) electrons. The first-order chi connectivity index (χ1) is 11.1. The van der Waals surface area contributed by atoms with Crippen LogP contribution in [0.4, 0.5) is 4.39 Å². The summed E-state index contributed by atoms with van der Waals surface area (Å²) in [5, 5.41) is 18.6. The normalized spacial score (nSPS) is 12.0. The van der Waals surface area contributed by atoms with Crippen LogP contribution in [0, 0.1) is 17.1 Å². The molecule has 0 amide bonds. The summed E-state index contributed by atoms with van der Waals surface area (Å²) >= 11 is 0. The monoisotopic (exact) mass is 314 g/mol. The first-order valence-electron chi connectivity index (χ1n) is 7.22. The van der Waals surface area contributed by atoms with E-state index in [0.717, 1.165) is 11.3 Å². The third kappa shape index (κ3) is 4.07. The molecular weight excluding hydrogens is 295 g/mol. The maximum absolute atomic E-state index is 13.9. The second-order valence-corrected chi connectivity index (χ2v) is 5.30. The lowest BCUT2D eigenvalue weighted by Gasteiger charge is -2.27. The molecule has 2 aromatic carbocycles. The minimum Gasteiger partial charge on any atom is -0.497 e. The first kappa shape index (κ1) is 16.9. The number of rotatable bonds is 6. The van der Waals surface area contributed by atoms with E-state index in [1.807, 2.05) is 42.3 Å². The summed E-state index contributed by atoms with van der Waals surface area (Å²) in [6, 6.07) is 13.4. The van der Waals surface area contributed by atoms with Gasteiger partial charge in [0.05, 0.1) is 31.4 Å². The quantitative estimate of drug-likeness (QED) is 0.891. The molecule has 0 aliphatic carbocycles. The fourth-order valence-electron chi connectivity index (χ4n) is 2.47. The zero-order chi connectivity index (χ0) is 16.8. The number of aliphatic hydroxyl groups is 1. The maximum atomic E-state index is 13.9. The third-order valence-electron chi connectivity index (χ3n) is 3.80.